The second kappa shape index (κ2) is 4.01. The number of hydrogen-bond donors (Lipinski definition) is 1. The minimum Gasteiger partial charge on any atom is -0.390 e. The van der Waals surface area contributed by atoms with Crippen LogP contribution in [0.2, 0.25) is 0 Å². The van der Waals surface area contributed by atoms with Gasteiger partial charge in [0.15, 0.2) is 10.8 Å². The molecule has 0 atom stereocenters. The number of aromatic nitrogens is 4. The maximum Gasteiger partial charge on any atom is 0.234 e. The normalized spacial score (nSPS) is 15.4. The van der Waals surface area contributed by atoms with Gasteiger partial charge in [-0.3, -0.25) is 0 Å². The summed E-state index contributed by atoms with van der Waals surface area (Å²) >= 11 is 3.20. The van der Waals surface area contributed by atoms with Gasteiger partial charge >= 0.3 is 0 Å². The monoisotopic (exact) mass is 291 g/mol. The number of nitrogens with zero attached hydrogens (tertiary/aromatic N) is 4. The van der Waals surface area contributed by atoms with E-state index in [-0.39, 0.29) is 0 Å². The summed E-state index contributed by atoms with van der Waals surface area (Å²) in [5.74, 6) is 1.55. The van der Waals surface area contributed by atoms with Crippen LogP contribution in [0.1, 0.15) is 36.4 Å². The van der Waals surface area contributed by atoms with E-state index in [0.29, 0.717) is 5.92 Å². The van der Waals surface area contributed by atoms with Gasteiger partial charge in [0.05, 0.1) is 5.00 Å². The summed E-state index contributed by atoms with van der Waals surface area (Å²) in [5.41, 5.74) is 7.13. The lowest BCUT2D eigenvalue weighted by atomic mass is 10.3. The molecule has 0 spiro atoms. The lowest BCUT2D eigenvalue weighted by Gasteiger charge is -1.92. The van der Waals surface area contributed by atoms with Crippen LogP contribution in [0.15, 0.2) is 6.07 Å². The number of anilines is 1. The molecule has 4 rings (SSSR count). The predicted octanol–water partition coefficient (Wildman–Crippen LogP) is 2.94. The highest BCUT2D eigenvalue weighted by Gasteiger charge is 2.30. The average molecular weight is 291 g/mol. The summed E-state index contributed by atoms with van der Waals surface area (Å²) in [6.45, 7) is 2.14. The van der Waals surface area contributed by atoms with E-state index in [1.807, 2.05) is 4.52 Å². The van der Waals surface area contributed by atoms with Crippen molar-refractivity contribution in [1.82, 2.24) is 19.8 Å². The zero-order chi connectivity index (χ0) is 13.0. The summed E-state index contributed by atoms with van der Waals surface area (Å²) in [6, 6.07) is 2.14. The Balaban J connectivity index is 1.83. The zero-order valence-electron chi connectivity index (χ0n) is 10.5. The molecular weight excluding hydrogens is 278 g/mol. The van der Waals surface area contributed by atoms with E-state index in [2.05, 4.69) is 28.3 Å². The molecule has 1 fully saturated rings. The molecule has 98 valence electrons. The number of aryl methyl sites for hydroxylation is 1. The topological polar surface area (TPSA) is 69.1 Å². The second-order valence-electron chi connectivity index (χ2n) is 4.78. The maximum atomic E-state index is 6.09. The lowest BCUT2D eigenvalue weighted by Crippen LogP contribution is -1.93. The average Bonchev–Trinajstić information content (AvgIpc) is 2.87. The molecule has 0 saturated heterocycles. The van der Waals surface area contributed by atoms with Gasteiger partial charge in [-0.15, -0.1) is 21.5 Å². The Bertz CT molecular complexity index is 749. The van der Waals surface area contributed by atoms with Crippen molar-refractivity contribution in [2.75, 3.05) is 5.73 Å². The van der Waals surface area contributed by atoms with E-state index < -0.39 is 0 Å². The van der Waals surface area contributed by atoms with E-state index in [1.54, 1.807) is 22.7 Å². The first kappa shape index (κ1) is 11.4. The van der Waals surface area contributed by atoms with E-state index in [9.17, 15) is 0 Å². The van der Waals surface area contributed by atoms with Gasteiger partial charge in [0, 0.05) is 16.4 Å². The van der Waals surface area contributed by atoms with Crippen LogP contribution in [0.5, 0.6) is 0 Å². The molecule has 0 radical (unpaired) electrons. The number of rotatable bonds is 3. The molecule has 0 unspecified atom stereocenters. The van der Waals surface area contributed by atoms with Gasteiger partial charge in [-0.25, -0.2) is 0 Å². The second-order valence-corrected chi connectivity index (χ2v) is 6.90. The standard InChI is InChI=1S/C12H13N5S2/c1-2-7-5-8(9(13)18-7)11-16-17-10(6-3-4-6)14-15-12(17)19-11/h5-6H,2-4,13H2,1H3. The van der Waals surface area contributed by atoms with E-state index in [0.717, 1.165) is 32.8 Å². The summed E-state index contributed by atoms with van der Waals surface area (Å²) in [4.78, 5) is 2.15. The highest BCUT2D eigenvalue weighted by Crippen LogP contribution is 2.41. The predicted molar refractivity (Wildman–Crippen MR) is 77.7 cm³/mol. The first-order valence-corrected chi connectivity index (χ1v) is 8.00. The number of thiophene rings is 1. The van der Waals surface area contributed by atoms with E-state index >= 15 is 0 Å². The van der Waals surface area contributed by atoms with Gasteiger partial charge in [0.25, 0.3) is 0 Å². The van der Waals surface area contributed by atoms with Crippen molar-refractivity contribution < 1.29 is 0 Å². The highest BCUT2D eigenvalue weighted by atomic mass is 32.1. The molecule has 1 aliphatic rings. The van der Waals surface area contributed by atoms with Crippen LogP contribution in [-0.4, -0.2) is 19.8 Å². The third kappa shape index (κ3) is 1.76. The smallest absolute Gasteiger partial charge is 0.234 e. The highest BCUT2D eigenvalue weighted by molar-refractivity contribution is 7.21. The molecule has 1 aliphatic carbocycles. The molecule has 0 aromatic carbocycles. The zero-order valence-corrected chi connectivity index (χ0v) is 12.1. The lowest BCUT2D eigenvalue weighted by molar-refractivity contribution is 0.828. The molecule has 1 saturated carbocycles. The Hall–Kier alpha value is -1.47. The van der Waals surface area contributed by atoms with Crippen molar-refractivity contribution in [3.63, 3.8) is 0 Å². The first-order valence-electron chi connectivity index (χ1n) is 6.37. The molecule has 19 heavy (non-hydrogen) atoms. The molecule has 5 nitrogen and oxygen atoms in total. The van der Waals surface area contributed by atoms with Gasteiger partial charge in [0.2, 0.25) is 4.96 Å². The fourth-order valence-electron chi connectivity index (χ4n) is 2.14. The number of nitrogen functional groups attached to an aromatic ring is 1. The Morgan fingerprint density at radius 2 is 2.21 bits per heavy atom. The van der Waals surface area contributed by atoms with Gasteiger partial charge in [-0.2, -0.15) is 9.61 Å². The fraction of sp³-hybridized carbons (Fsp3) is 0.417. The third-order valence-corrected chi connectivity index (χ3v) is 5.39. The number of hydrogen-bond acceptors (Lipinski definition) is 6. The summed E-state index contributed by atoms with van der Waals surface area (Å²) < 4.78 is 1.89. The van der Waals surface area contributed by atoms with Crippen LogP contribution >= 0.6 is 22.7 Å². The fourth-order valence-corrected chi connectivity index (χ4v) is 3.95. The van der Waals surface area contributed by atoms with Crippen LogP contribution < -0.4 is 5.73 Å². The van der Waals surface area contributed by atoms with Gasteiger partial charge in [-0.1, -0.05) is 18.3 Å². The van der Waals surface area contributed by atoms with Gasteiger partial charge in [-0.05, 0) is 25.3 Å². The van der Waals surface area contributed by atoms with Gasteiger partial charge in [0.1, 0.15) is 0 Å². The minimum absolute atomic E-state index is 0.552. The summed E-state index contributed by atoms with van der Waals surface area (Å²) in [7, 11) is 0. The summed E-state index contributed by atoms with van der Waals surface area (Å²) in [5, 5.41) is 14.9. The van der Waals surface area contributed by atoms with Crippen molar-refractivity contribution in [3.8, 4) is 10.6 Å². The van der Waals surface area contributed by atoms with Gasteiger partial charge < -0.3 is 5.73 Å². The Kier molecular flexibility index (Phi) is 2.40. The third-order valence-electron chi connectivity index (χ3n) is 3.35. The molecule has 0 aliphatic heterocycles. The van der Waals surface area contributed by atoms with Crippen LogP contribution in [0.3, 0.4) is 0 Å². The SMILES string of the molecule is CCc1cc(-c2nn3c(C4CC4)nnc3s2)c(N)s1. The quantitative estimate of drug-likeness (QED) is 0.805. The minimum atomic E-state index is 0.552. The maximum absolute atomic E-state index is 6.09. The molecular formula is C12H13N5S2. The molecule has 0 amide bonds. The molecule has 2 N–H and O–H groups in total. The van der Waals surface area contributed by atoms with Crippen LogP contribution in [0.4, 0.5) is 5.00 Å². The van der Waals surface area contributed by atoms with Crippen molar-refractivity contribution >= 4 is 32.6 Å². The van der Waals surface area contributed by atoms with E-state index in [1.165, 1.54) is 17.7 Å². The number of nitrogens with two attached hydrogens (primary N) is 1. The Labute approximate surface area is 118 Å². The number of fused-ring (bicyclic) bond motifs is 1. The van der Waals surface area contributed by atoms with E-state index in [4.69, 9.17) is 5.73 Å². The molecule has 0 bridgehead atoms. The Morgan fingerprint density at radius 1 is 1.37 bits per heavy atom. The van der Waals surface area contributed by atoms with Crippen molar-refractivity contribution in [1.29, 1.82) is 0 Å². The molecule has 3 aromatic heterocycles. The van der Waals surface area contributed by atoms with Crippen molar-refractivity contribution in [2.24, 2.45) is 0 Å². The van der Waals surface area contributed by atoms with Crippen LogP contribution in [0, 0.1) is 0 Å². The largest absolute Gasteiger partial charge is 0.390 e. The van der Waals surface area contributed by atoms with Crippen molar-refractivity contribution in [2.45, 2.75) is 32.1 Å². The van der Waals surface area contributed by atoms with Crippen LogP contribution in [-0.2, 0) is 6.42 Å². The van der Waals surface area contributed by atoms with Crippen molar-refractivity contribution in [3.05, 3.63) is 16.8 Å². The first-order chi connectivity index (χ1) is 9.26. The Morgan fingerprint density at radius 3 is 2.89 bits per heavy atom. The summed E-state index contributed by atoms with van der Waals surface area (Å²) in [6.07, 6.45) is 3.41. The molecule has 3 heterocycles. The molecule has 7 heteroatoms. The molecule has 3 aromatic rings. The van der Waals surface area contributed by atoms with Crippen LogP contribution in [0.25, 0.3) is 15.5 Å².